The summed E-state index contributed by atoms with van der Waals surface area (Å²) in [5, 5.41) is 0. The summed E-state index contributed by atoms with van der Waals surface area (Å²) in [7, 11) is 0. The van der Waals surface area contributed by atoms with Crippen molar-refractivity contribution in [2.75, 3.05) is 13.2 Å². The summed E-state index contributed by atoms with van der Waals surface area (Å²) < 4.78 is 16.4. The molecule has 0 saturated carbocycles. The zero-order valence-corrected chi connectivity index (χ0v) is 19.8. The highest BCUT2D eigenvalue weighted by Gasteiger charge is 2.33. The molecule has 1 aliphatic heterocycles. The number of carbonyl (C=O) groups is 1. The Bertz CT molecular complexity index is 406. The third kappa shape index (κ3) is 15.8. The van der Waals surface area contributed by atoms with Crippen molar-refractivity contribution in [3.05, 3.63) is 0 Å². The van der Waals surface area contributed by atoms with E-state index in [2.05, 4.69) is 13.8 Å². The molecule has 0 aromatic rings. The minimum Gasteiger partial charge on any atom is -0.463 e. The van der Waals surface area contributed by atoms with Crippen LogP contribution in [0.1, 0.15) is 124 Å². The fraction of sp³-hybridized carbons (Fsp3) is 0.960. The lowest BCUT2D eigenvalue weighted by atomic mass is 10.0. The standard InChI is InChI=1S/C25H48O4/c1-22(2)18-16-14-12-10-8-6-5-7-9-11-13-15-17-19-24(26)27-20-23-21-28-25(3,4)29-23/h22-23H,5-21H2,1-4H3. The average molecular weight is 413 g/mol. The first-order valence-corrected chi connectivity index (χ1v) is 12.4. The van der Waals surface area contributed by atoms with E-state index in [1.807, 2.05) is 13.8 Å². The van der Waals surface area contributed by atoms with Crippen molar-refractivity contribution in [1.82, 2.24) is 0 Å². The average Bonchev–Trinajstić information content (AvgIpc) is 3.01. The molecule has 0 bridgehead atoms. The van der Waals surface area contributed by atoms with E-state index >= 15 is 0 Å². The molecule has 4 nitrogen and oxygen atoms in total. The lowest BCUT2D eigenvalue weighted by molar-refractivity contribution is -0.158. The summed E-state index contributed by atoms with van der Waals surface area (Å²) in [6, 6.07) is 0. The highest BCUT2D eigenvalue weighted by Crippen LogP contribution is 2.22. The van der Waals surface area contributed by atoms with Gasteiger partial charge in [-0.1, -0.05) is 97.3 Å². The first-order chi connectivity index (χ1) is 13.9. The maximum absolute atomic E-state index is 11.8. The molecule has 1 rings (SSSR count). The van der Waals surface area contributed by atoms with Gasteiger partial charge in [0.15, 0.2) is 5.79 Å². The summed E-state index contributed by atoms with van der Waals surface area (Å²) in [5.74, 6) is 0.205. The van der Waals surface area contributed by atoms with Gasteiger partial charge in [0.1, 0.15) is 12.7 Å². The highest BCUT2D eigenvalue weighted by molar-refractivity contribution is 5.69. The van der Waals surface area contributed by atoms with Gasteiger partial charge in [-0.3, -0.25) is 4.79 Å². The molecule has 172 valence electrons. The number of rotatable bonds is 18. The normalized spacial score (nSPS) is 18.4. The van der Waals surface area contributed by atoms with Crippen LogP contribution in [0.5, 0.6) is 0 Å². The number of esters is 1. The molecule has 0 radical (unpaired) electrons. The second kappa shape index (κ2) is 16.1. The third-order valence-electron chi connectivity index (χ3n) is 5.66. The molecule has 0 spiro atoms. The van der Waals surface area contributed by atoms with Gasteiger partial charge in [-0.25, -0.2) is 0 Å². The number of hydrogen-bond acceptors (Lipinski definition) is 4. The lowest BCUT2D eigenvalue weighted by Crippen LogP contribution is -2.25. The Morgan fingerprint density at radius 2 is 1.34 bits per heavy atom. The molecular formula is C25H48O4. The zero-order chi connectivity index (χ0) is 21.4. The van der Waals surface area contributed by atoms with Crippen molar-refractivity contribution in [3.63, 3.8) is 0 Å². The van der Waals surface area contributed by atoms with Crippen molar-refractivity contribution in [3.8, 4) is 0 Å². The smallest absolute Gasteiger partial charge is 0.305 e. The zero-order valence-electron chi connectivity index (χ0n) is 19.8. The van der Waals surface area contributed by atoms with Crippen molar-refractivity contribution < 1.29 is 19.0 Å². The Morgan fingerprint density at radius 3 is 1.79 bits per heavy atom. The summed E-state index contributed by atoms with van der Waals surface area (Å²) >= 11 is 0. The summed E-state index contributed by atoms with van der Waals surface area (Å²) in [6.45, 7) is 9.20. The van der Waals surface area contributed by atoms with Gasteiger partial charge in [0, 0.05) is 6.42 Å². The van der Waals surface area contributed by atoms with Gasteiger partial charge in [-0.15, -0.1) is 0 Å². The summed E-state index contributed by atoms with van der Waals surface area (Å²) in [4.78, 5) is 11.8. The molecule has 1 unspecified atom stereocenters. The maximum atomic E-state index is 11.8. The maximum Gasteiger partial charge on any atom is 0.305 e. The highest BCUT2D eigenvalue weighted by atomic mass is 16.7. The third-order valence-corrected chi connectivity index (χ3v) is 5.66. The number of unbranched alkanes of at least 4 members (excludes halogenated alkanes) is 12. The van der Waals surface area contributed by atoms with Gasteiger partial charge in [-0.05, 0) is 26.2 Å². The molecule has 0 aliphatic carbocycles. The van der Waals surface area contributed by atoms with E-state index in [1.54, 1.807) is 0 Å². The molecule has 29 heavy (non-hydrogen) atoms. The van der Waals surface area contributed by atoms with Gasteiger partial charge in [0.25, 0.3) is 0 Å². The topological polar surface area (TPSA) is 44.8 Å². The van der Waals surface area contributed by atoms with Crippen LogP contribution in [0.25, 0.3) is 0 Å². The van der Waals surface area contributed by atoms with E-state index in [9.17, 15) is 4.79 Å². The van der Waals surface area contributed by atoms with Crippen LogP contribution >= 0.6 is 0 Å². The number of hydrogen-bond donors (Lipinski definition) is 0. The van der Waals surface area contributed by atoms with E-state index < -0.39 is 5.79 Å². The number of carbonyl (C=O) groups excluding carboxylic acids is 1. The van der Waals surface area contributed by atoms with E-state index in [1.165, 1.54) is 77.0 Å². The molecule has 1 atom stereocenters. The number of ether oxygens (including phenoxy) is 3. The van der Waals surface area contributed by atoms with Crippen LogP contribution in [-0.4, -0.2) is 31.1 Å². The molecular weight excluding hydrogens is 364 g/mol. The van der Waals surface area contributed by atoms with Gasteiger partial charge >= 0.3 is 5.97 Å². The van der Waals surface area contributed by atoms with Crippen molar-refractivity contribution in [2.45, 2.75) is 136 Å². The fourth-order valence-electron chi connectivity index (χ4n) is 3.87. The molecule has 0 N–H and O–H groups in total. The predicted molar refractivity (Wildman–Crippen MR) is 120 cm³/mol. The van der Waals surface area contributed by atoms with Crippen LogP contribution in [0.2, 0.25) is 0 Å². The molecule has 1 saturated heterocycles. The van der Waals surface area contributed by atoms with Gasteiger partial charge < -0.3 is 14.2 Å². The summed E-state index contributed by atoms with van der Waals surface area (Å²) in [5.41, 5.74) is 0. The molecule has 1 fully saturated rings. The minimum absolute atomic E-state index is 0.109. The van der Waals surface area contributed by atoms with Gasteiger partial charge in [-0.2, -0.15) is 0 Å². The molecule has 0 amide bonds. The molecule has 1 heterocycles. The van der Waals surface area contributed by atoms with E-state index in [-0.39, 0.29) is 12.1 Å². The monoisotopic (exact) mass is 412 g/mol. The first-order valence-electron chi connectivity index (χ1n) is 12.4. The second-order valence-electron chi connectivity index (χ2n) is 9.66. The Morgan fingerprint density at radius 1 is 0.862 bits per heavy atom. The predicted octanol–water partition coefficient (Wildman–Crippen LogP) is 7.19. The van der Waals surface area contributed by atoms with E-state index in [0.29, 0.717) is 19.6 Å². The van der Waals surface area contributed by atoms with Gasteiger partial charge in [0.05, 0.1) is 6.61 Å². The minimum atomic E-state index is -0.551. The van der Waals surface area contributed by atoms with Crippen LogP contribution in [0, 0.1) is 5.92 Å². The second-order valence-corrected chi connectivity index (χ2v) is 9.66. The van der Waals surface area contributed by atoms with Gasteiger partial charge in [0.2, 0.25) is 0 Å². The Hall–Kier alpha value is -0.610. The largest absolute Gasteiger partial charge is 0.463 e. The first kappa shape index (κ1) is 26.4. The molecule has 4 heteroatoms. The SMILES string of the molecule is CC(C)CCCCCCCCCCCCCCCC(=O)OCC1COC(C)(C)O1. The van der Waals surface area contributed by atoms with Crippen LogP contribution in [-0.2, 0) is 19.0 Å². The van der Waals surface area contributed by atoms with Crippen molar-refractivity contribution in [2.24, 2.45) is 5.92 Å². The molecule has 0 aromatic carbocycles. The quantitative estimate of drug-likeness (QED) is 0.176. The Balaban J connectivity index is 1.76. The van der Waals surface area contributed by atoms with E-state index in [4.69, 9.17) is 14.2 Å². The van der Waals surface area contributed by atoms with Crippen LogP contribution < -0.4 is 0 Å². The van der Waals surface area contributed by atoms with Crippen LogP contribution in [0.3, 0.4) is 0 Å². The Labute approximate surface area is 180 Å². The molecule has 1 aliphatic rings. The van der Waals surface area contributed by atoms with E-state index in [0.717, 1.165) is 18.8 Å². The van der Waals surface area contributed by atoms with Crippen LogP contribution in [0.15, 0.2) is 0 Å². The molecule has 0 aromatic heterocycles. The van der Waals surface area contributed by atoms with Crippen molar-refractivity contribution >= 4 is 5.97 Å². The fourth-order valence-corrected chi connectivity index (χ4v) is 3.87. The summed E-state index contributed by atoms with van der Waals surface area (Å²) in [6.07, 6.45) is 19.0. The lowest BCUT2D eigenvalue weighted by Gasteiger charge is -2.16. The Kier molecular flexibility index (Phi) is 14.7. The van der Waals surface area contributed by atoms with Crippen LogP contribution in [0.4, 0.5) is 0 Å². The van der Waals surface area contributed by atoms with Crippen molar-refractivity contribution in [1.29, 1.82) is 0 Å².